The normalized spacial score (nSPS) is 18.0. The molecule has 6 nitrogen and oxygen atoms in total. The quantitative estimate of drug-likeness (QED) is 0.482. The minimum Gasteiger partial charge on any atom is -0.459 e. The predicted octanol–water partition coefficient (Wildman–Crippen LogP) is 2.21. The van der Waals surface area contributed by atoms with Crippen LogP contribution in [0.4, 0.5) is 14.5 Å². The van der Waals surface area contributed by atoms with Crippen molar-refractivity contribution in [1.29, 1.82) is 0 Å². The molecule has 0 radical (unpaired) electrons. The van der Waals surface area contributed by atoms with Gasteiger partial charge in [-0.05, 0) is 18.9 Å². The van der Waals surface area contributed by atoms with Gasteiger partial charge in [0.25, 0.3) is 0 Å². The summed E-state index contributed by atoms with van der Waals surface area (Å²) in [5, 5.41) is 10.5. The Morgan fingerprint density at radius 1 is 1.50 bits per heavy atom. The molecule has 1 fully saturated rings. The lowest BCUT2D eigenvalue weighted by Gasteiger charge is -2.10. The summed E-state index contributed by atoms with van der Waals surface area (Å²) in [5.74, 6) is -4.02. The van der Waals surface area contributed by atoms with E-state index in [1.165, 1.54) is 0 Å². The molecule has 0 spiro atoms. The molecule has 1 unspecified atom stereocenters. The summed E-state index contributed by atoms with van der Waals surface area (Å²) in [6, 6.07) is 1.31. The van der Waals surface area contributed by atoms with Gasteiger partial charge in [-0.2, -0.15) is 4.39 Å². The standard InChI is InChI=1S/C12H11F2NO5/c13-8-3-4-9(15(17)18)11(14)10(8)12(16)20-6-7-2-1-5-19-7/h3-4,7H,1-2,5-6H2. The number of benzene rings is 1. The molecule has 20 heavy (non-hydrogen) atoms. The number of esters is 1. The van der Waals surface area contributed by atoms with E-state index in [2.05, 4.69) is 0 Å². The number of hydrogen-bond acceptors (Lipinski definition) is 5. The largest absolute Gasteiger partial charge is 0.459 e. The summed E-state index contributed by atoms with van der Waals surface area (Å²) in [7, 11) is 0. The number of halogens is 2. The average Bonchev–Trinajstić information content (AvgIpc) is 2.89. The summed E-state index contributed by atoms with van der Waals surface area (Å²) >= 11 is 0. The fourth-order valence-electron chi connectivity index (χ4n) is 1.89. The van der Waals surface area contributed by atoms with E-state index in [0.29, 0.717) is 25.2 Å². The van der Waals surface area contributed by atoms with Crippen molar-refractivity contribution in [2.45, 2.75) is 18.9 Å². The molecule has 0 amide bonds. The third kappa shape index (κ3) is 2.90. The van der Waals surface area contributed by atoms with Crippen molar-refractivity contribution in [2.75, 3.05) is 13.2 Å². The first-order valence-corrected chi connectivity index (χ1v) is 5.92. The van der Waals surface area contributed by atoms with Crippen LogP contribution >= 0.6 is 0 Å². The van der Waals surface area contributed by atoms with Crippen LogP contribution in [0.15, 0.2) is 12.1 Å². The molecule has 1 aliphatic heterocycles. The van der Waals surface area contributed by atoms with E-state index in [4.69, 9.17) is 9.47 Å². The Kier molecular flexibility index (Phi) is 4.23. The third-order valence-corrected chi connectivity index (χ3v) is 2.90. The first-order valence-electron chi connectivity index (χ1n) is 5.92. The maximum atomic E-state index is 13.7. The molecule has 0 aliphatic carbocycles. The van der Waals surface area contributed by atoms with Crippen molar-refractivity contribution >= 4 is 11.7 Å². The smallest absolute Gasteiger partial charge is 0.344 e. The molecular weight excluding hydrogens is 276 g/mol. The van der Waals surface area contributed by atoms with Crippen molar-refractivity contribution in [3.63, 3.8) is 0 Å². The van der Waals surface area contributed by atoms with Gasteiger partial charge in [-0.3, -0.25) is 10.1 Å². The molecular formula is C12H11F2NO5. The van der Waals surface area contributed by atoms with Crippen molar-refractivity contribution in [1.82, 2.24) is 0 Å². The Bertz CT molecular complexity index is 543. The van der Waals surface area contributed by atoms with Crippen LogP contribution in [0, 0.1) is 21.7 Å². The van der Waals surface area contributed by atoms with Gasteiger partial charge in [0.2, 0.25) is 5.82 Å². The van der Waals surface area contributed by atoms with Crippen molar-refractivity contribution < 1.29 is 28.0 Å². The van der Waals surface area contributed by atoms with Gasteiger partial charge < -0.3 is 9.47 Å². The molecule has 1 heterocycles. The molecule has 1 atom stereocenters. The number of rotatable bonds is 4. The number of hydrogen-bond donors (Lipinski definition) is 0. The Morgan fingerprint density at radius 2 is 2.25 bits per heavy atom. The molecule has 0 N–H and O–H groups in total. The zero-order valence-corrected chi connectivity index (χ0v) is 10.3. The SMILES string of the molecule is O=C(OCC1CCCO1)c1c(F)ccc([N+](=O)[O-])c1F. The fourth-order valence-corrected chi connectivity index (χ4v) is 1.89. The summed E-state index contributed by atoms with van der Waals surface area (Å²) in [4.78, 5) is 21.1. The van der Waals surface area contributed by atoms with Gasteiger partial charge in [0, 0.05) is 12.7 Å². The van der Waals surface area contributed by atoms with Gasteiger partial charge in [-0.15, -0.1) is 0 Å². The second kappa shape index (κ2) is 5.91. The van der Waals surface area contributed by atoms with E-state index in [9.17, 15) is 23.7 Å². The second-order valence-electron chi connectivity index (χ2n) is 4.25. The number of nitrogens with zero attached hydrogens (tertiary/aromatic N) is 1. The molecule has 1 aromatic carbocycles. The van der Waals surface area contributed by atoms with Crippen LogP contribution < -0.4 is 0 Å². The lowest BCUT2D eigenvalue weighted by molar-refractivity contribution is -0.387. The Morgan fingerprint density at radius 3 is 2.85 bits per heavy atom. The lowest BCUT2D eigenvalue weighted by Crippen LogP contribution is -2.19. The Labute approximate surface area is 112 Å². The highest BCUT2D eigenvalue weighted by atomic mass is 19.1. The highest BCUT2D eigenvalue weighted by molar-refractivity contribution is 5.90. The monoisotopic (exact) mass is 287 g/mol. The van der Waals surface area contributed by atoms with Crippen molar-refractivity contribution in [3.05, 3.63) is 39.4 Å². The minimum atomic E-state index is -1.53. The predicted molar refractivity (Wildman–Crippen MR) is 62.3 cm³/mol. The van der Waals surface area contributed by atoms with E-state index >= 15 is 0 Å². The summed E-state index contributed by atoms with van der Waals surface area (Å²) < 4.78 is 37.1. The number of carbonyl (C=O) groups excluding carboxylic acids is 1. The van der Waals surface area contributed by atoms with Gasteiger partial charge in [-0.25, -0.2) is 9.18 Å². The zero-order valence-electron chi connectivity index (χ0n) is 10.3. The third-order valence-electron chi connectivity index (χ3n) is 2.90. The Hall–Kier alpha value is -2.09. The van der Waals surface area contributed by atoms with Crippen LogP contribution in [0.2, 0.25) is 0 Å². The van der Waals surface area contributed by atoms with Gasteiger partial charge in [0.05, 0.1) is 11.0 Å². The molecule has 1 aromatic rings. The first kappa shape index (κ1) is 14.3. The van der Waals surface area contributed by atoms with Gasteiger partial charge in [0.15, 0.2) is 0 Å². The Balaban J connectivity index is 2.15. The molecule has 8 heteroatoms. The maximum absolute atomic E-state index is 13.7. The molecule has 1 aliphatic rings. The van der Waals surface area contributed by atoms with Crippen LogP contribution in [0.5, 0.6) is 0 Å². The highest BCUT2D eigenvalue weighted by Crippen LogP contribution is 2.24. The summed E-state index contributed by atoms with van der Waals surface area (Å²) in [5.41, 5.74) is -2.03. The molecule has 1 saturated heterocycles. The molecule has 2 rings (SSSR count). The summed E-state index contributed by atoms with van der Waals surface area (Å²) in [6.07, 6.45) is 1.21. The van der Waals surface area contributed by atoms with Crippen LogP contribution in [0.3, 0.4) is 0 Å². The number of ether oxygens (including phenoxy) is 2. The second-order valence-corrected chi connectivity index (χ2v) is 4.25. The number of nitro benzene ring substituents is 1. The van der Waals surface area contributed by atoms with Crippen LogP contribution in [0.25, 0.3) is 0 Å². The van der Waals surface area contributed by atoms with Crippen LogP contribution in [-0.2, 0) is 9.47 Å². The molecule has 0 saturated carbocycles. The van der Waals surface area contributed by atoms with E-state index in [-0.39, 0.29) is 12.7 Å². The topological polar surface area (TPSA) is 78.7 Å². The molecule has 0 bridgehead atoms. The minimum absolute atomic E-state index is 0.138. The van der Waals surface area contributed by atoms with E-state index in [1.54, 1.807) is 0 Å². The van der Waals surface area contributed by atoms with E-state index < -0.39 is 33.8 Å². The average molecular weight is 287 g/mol. The number of carbonyl (C=O) groups is 1. The zero-order chi connectivity index (χ0) is 14.7. The lowest BCUT2D eigenvalue weighted by atomic mass is 10.1. The van der Waals surface area contributed by atoms with Crippen molar-refractivity contribution in [2.24, 2.45) is 0 Å². The highest BCUT2D eigenvalue weighted by Gasteiger charge is 2.28. The molecule has 108 valence electrons. The first-order chi connectivity index (χ1) is 9.50. The van der Waals surface area contributed by atoms with E-state index in [1.807, 2.05) is 0 Å². The van der Waals surface area contributed by atoms with Gasteiger partial charge in [0.1, 0.15) is 18.0 Å². The van der Waals surface area contributed by atoms with Crippen molar-refractivity contribution in [3.8, 4) is 0 Å². The van der Waals surface area contributed by atoms with Crippen LogP contribution in [0.1, 0.15) is 23.2 Å². The number of nitro groups is 1. The van der Waals surface area contributed by atoms with Gasteiger partial charge >= 0.3 is 11.7 Å². The van der Waals surface area contributed by atoms with E-state index in [0.717, 1.165) is 6.42 Å². The summed E-state index contributed by atoms with van der Waals surface area (Å²) in [6.45, 7) is 0.405. The van der Waals surface area contributed by atoms with Crippen LogP contribution in [-0.4, -0.2) is 30.2 Å². The van der Waals surface area contributed by atoms with Gasteiger partial charge in [-0.1, -0.05) is 0 Å². The maximum Gasteiger partial charge on any atom is 0.344 e. The fraction of sp³-hybridized carbons (Fsp3) is 0.417. The molecule has 0 aromatic heterocycles.